The van der Waals surface area contributed by atoms with Gasteiger partial charge in [-0.05, 0) is 35.7 Å². The normalized spacial score (nSPS) is 14.1. The number of nitrogens with zero attached hydrogens (tertiary/aromatic N) is 2. The molecule has 0 spiro atoms. The molecule has 0 aromatic heterocycles. The number of piperidine rings is 1. The zero-order chi connectivity index (χ0) is 23.2. The summed E-state index contributed by atoms with van der Waals surface area (Å²) in [6.45, 7) is 1.82. The van der Waals surface area contributed by atoms with E-state index < -0.39 is 4.92 Å². The molecule has 33 heavy (non-hydrogen) atoms. The summed E-state index contributed by atoms with van der Waals surface area (Å²) in [6, 6.07) is 20.0. The van der Waals surface area contributed by atoms with Gasteiger partial charge in [-0.25, -0.2) is 0 Å². The first-order valence-electron chi connectivity index (χ1n) is 11.1. The molecule has 170 valence electrons. The second-order valence-corrected chi connectivity index (χ2v) is 8.09. The van der Waals surface area contributed by atoms with E-state index in [4.69, 9.17) is 0 Å². The molecule has 0 bridgehead atoms. The topological polar surface area (TPSA) is 105 Å². The van der Waals surface area contributed by atoms with Gasteiger partial charge < -0.3 is 15.5 Å². The first-order valence-corrected chi connectivity index (χ1v) is 11.1. The minimum atomic E-state index is -0.436. The van der Waals surface area contributed by atoms with Crippen molar-refractivity contribution in [2.75, 3.05) is 31.5 Å². The molecule has 1 fully saturated rings. The third kappa shape index (κ3) is 5.11. The molecule has 1 heterocycles. The number of fused-ring (bicyclic) bond motifs is 1. The van der Waals surface area contributed by atoms with E-state index in [9.17, 15) is 19.7 Å². The fourth-order valence-electron chi connectivity index (χ4n) is 4.24. The van der Waals surface area contributed by atoms with Crippen LogP contribution >= 0.6 is 0 Å². The molecule has 3 aromatic rings. The van der Waals surface area contributed by atoms with E-state index in [1.165, 1.54) is 6.07 Å². The number of nitro benzene ring substituents is 1. The Bertz CT molecular complexity index is 1170. The number of likely N-dealkylation sites (tertiary alicyclic amines) is 1. The second kappa shape index (κ2) is 10.1. The van der Waals surface area contributed by atoms with Crippen LogP contribution in [0.3, 0.4) is 0 Å². The van der Waals surface area contributed by atoms with Crippen LogP contribution in [-0.2, 0) is 4.79 Å². The highest BCUT2D eigenvalue weighted by molar-refractivity contribution is 6.07. The van der Waals surface area contributed by atoms with E-state index >= 15 is 0 Å². The first kappa shape index (κ1) is 22.3. The fourth-order valence-corrected chi connectivity index (χ4v) is 4.24. The Kier molecular flexibility index (Phi) is 6.83. The molecule has 8 nitrogen and oxygen atoms in total. The Morgan fingerprint density at radius 1 is 0.939 bits per heavy atom. The van der Waals surface area contributed by atoms with Crippen molar-refractivity contribution in [3.05, 3.63) is 82.4 Å². The number of nitrogens with one attached hydrogen (secondary N) is 2. The molecule has 0 unspecified atom stereocenters. The van der Waals surface area contributed by atoms with Crippen molar-refractivity contribution in [3.8, 4) is 0 Å². The lowest BCUT2D eigenvalue weighted by atomic mass is 9.95. The molecule has 0 aliphatic carbocycles. The molecular weight excluding hydrogens is 420 g/mol. The van der Waals surface area contributed by atoms with Crippen LogP contribution in [0.25, 0.3) is 10.8 Å². The lowest BCUT2D eigenvalue weighted by Crippen LogP contribution is -2.43. The van der Waals surface area contributed by atoms with Crippen molar-refractivity contribution in [2.45, 2.75) is 12.8 Å². The molecule has 8 heteroatoms. The lowest BCUT2D eigenvalue weighted by molar-refractivity contribution is -0.384. The van der Waals surface area contributed by atoms with E-state index in [2.05, 4.69) is 10.6 Å². The summed E-state index contributed by atoms with van der Waals surface area (Å²) in [5.74, 6) is -0.191. The number of anilines is 1. The van der Waals surface area contributed by atoms with Gasteiger partial charge in [-0.15, -0.1) is 0 Å². The highest BCUT2D eigenvalue weighted by Crippen LogP contribution is 2.24. The molecule has 4 rings (SSSR count). The van der Waals surface area contributed by atoms with Crippen molar-refractivity contribution in [2.24, 2.45) is 5.92 Å². The molecule has 0 saturated carbocycles. The van der Waals surface area contributed by atoms with E-state index in [1.807, 2.05) is 47.4 Å². The van der Waals surface area contributed by atoms with Crippen LogP contribution in [0, 0.1) is 16.0 Å². The van der Waals surface area contributed by atoms with Crippen LogP contribution in [0.2, 0.25) is 0 Å². The average molecular weight is 447 g/mol. The summed E-state index contributed by atoms with van der Waals surface area (Å²) < 4.78 is 0. The van der Waals surface area contributed by atoms with Crippen molar-refractivity contribution in [1.82, 2.24) is 10.2 Å². The molecule has 3 aromatic carbocycles. The van der Waals surface area contributed by atoms with E-state index in [1.54, 1.807) is 18.2 Å². The van der Waals surface area contributed by atoms with Gasteiger partial charge in [-0.3, -0.25) is 19.7 Å². The molecule has 1 aliphatic rings. The van der Waals surface area contributed by atoms with Crippen LogP contribution in [0.1, 0.15) is 23.2 Å². The number of amides is 2. The minimum absolute atomic E-state index is 0.000636. The maximum absolute atomic E-state index is 13.1. The van der Waals surface area contributed by atoms with Crippen LogP contribution in [-0.4, -0.2) is 47.8 Å². The smallest absolute Gasteiger partial charge is 0.292 e. The number of nitro groups is 1. The van der Waals surface area contributed by atoms with Gasteiger partial charge in [-0.1, -0.05) is 48.5 Å². The van der Waals surface area contributed by atoms with E-state index in [0.29, 0.717) is 50.3 Å². The standard InChI is InChI=1S/C25H26N4O4/c30-24(27-15-14-26-22-10-3-4-11-23(22)29(32)33)19-12-16-28(17-13-19)25(31)21-9-5-7-18-6-1-2-8-20(18)21/h1-11,19,26H,12-17H2,(H,27,30). The third-order valence-corrected chi connectivity index (χ3v) is 6.01. The molecule has 2 N–H and O–H groups in total. The average Bonchev–Trinajstić information content (AvgIpc) is 2.86. The van der Waals surface area contributed by atoms with Gasteiger partial charge in [0.25, 0.3) is 11.6 Å². The zero-order valence-corrected chi connectivity index (χ0v) is 18.2. The maximum Gasteiger partial charge on any atom is 0.292 e. The maximum atomic E-state index is 13.1. The first-order chi connectivity index (χ1) is 16.0. The number of benzene rings is 3. The van der Waals surface area contributed by atoms with Crippen LogP contribution in [0.4, 0.5) is 11.4 Å². The molecule has 0 radical (unpaired) electrons. The minimum Gasteiger partial charge on any atom is -0.378 e. The van der Waals surface area contributed by atoms with Gasteiger partial charge in [0.15, 0.2) is 0 Å². The Morgan fingerprint density at radius 3 is 2.42 bits per heavy atom. The number of carbonyl (C=O) groups excluding carboxylic acids is 2. The summed E-state index contributed by atoms with van der Waals surface area (Å²) in [7, 11) is 0. The third-order valence-electron chi connectivity index (χ3n) is 6.01. The highest BCUT2D eigenvalue weighted by Gasteiger charge is 2.28. The van der Waals surface area contributed by atoms with E-state index in [0.717, 1.165) is 10.8 Å². The van der Waals surface area contributed by atoms with Crippen molar-refractivity contribution in [3.63, 3.8) is 0 Å². The van der Waals surface area contributed by atoms with Crippen molar-refractivity contribution < 1.29 is 14.5 Å². The molecule has 2 amide bonds. The Labute approximate surface area is 191 Å². The molecule has 0 atom stereocenters. The van der Waals surface area contributed by atoms with Gasteiger partial charge in [0.2, 0.25) is 5.91 Å². The van der Waals surface area contributed by atoms with Crippen LogP contribution in [0.5, 0.6) is 0 Å². The van der Waals surface area contributed by atoms with Crippen LogP contribution in [0.15, 0.2) is 66.7 Å². The predicted octanol–water partition coefficient (Wildman–Crippen LogP) is 3.83. The molecular formula is C25H26N4O4. The number of hydrogen-bond donors (Lipinski definition) is 2. The van der Waals surface area contributed by atoms with Crippen molar-refractivity contribution >= 4 is 34.0 Å². The summed E-state index contributed by atoms with van der Waals surface area (Å²) in [4.78, 5) is 38.1. The molecule has 1 aliphatic heterocycles. The Balaban J connectivity index is 1.25. The highest BCUT2D eigenvalue weighted by atomic mass is 16.6. The second-order valence-electron chi connectivity index (χ2n) is 8.09. The fraction of sp³-hybridized carbons (Fsp3) is 0.280. The van der Waals surface area contributed by atoms with Gasteiger partial charge >= 0.3 is 0 Å². The zero-order valence-electron chi connectivity index (χ0n) is 18.2. The SMILES string of the molecule is O=C(NCCNc1ccccc1[N+](=O)[O-])C1CCN(C(=O)c2cccc3ccccc23)CC1. The van der Waals surface area contributed by atoms with Gasteiger partial charge in [0, 0.05) is 43.7 Å². The number of rotatable bonds is 7. The number of carbonyl (C=O) groups is 2. The van der Waals surface area contributed by atoms with Crippen LogP contribution < -0.4 is 10.6 Å². The van der Waals surface area contributed by atoms with Gasteiger partial charge in [0.05, 0.1) is 4.92 Å². The number of para-hydroxylation sites is 2. The summed E-state index contributed by atoms with van der Waals surface area (Å²) in [6.07, 6.45) is 1.22. The quantitative estimate of drug-likeness (QED) is 0.326. The number of hydrogen-bond acceptors (Lipinski definition) is 5. The summed E-state index contributed by atoms with van der Waals surface area (Å²) >= 11 is 0. The Morgan fingerprint density at radius 2 is 1.64 bits per heavy atom. The summed E-state index contributed by atoms with van der Waals surface area (Å²) in [5.41, 5.74) is 1.13. The van der Waals surface area contributed by atoms with E-state index in [-0.39, 0.29) is 23.4 Å². The van der Waals surface area contributed by atoms with Gasteiger partial charge in [-0.2, -0.15) is 0 Å². The lowest BCUT2D eigenvalue weighted by Gasteiger charge is -2.31. The molecule has 1 saturated heterocycles. The Hall–Kier alpha value is -3.94. The monoisotopic (exact) mass is 446 g/mol. The largest absolute Gasteiger partial charge is 0.378 e. The summed E-state index contributed by atoms with van der Waals surface area (Å²) in [5, 5.41) is 18.9. The van der Waals surface area contributed by atoms with Gasteiger partial charge in [0.1, 0.15) is 5.69 Å². The predicted molar refractivity (Wildman–Crippen MR) is 127 cm³/mol. The van der Waals surface area contributed by atoms with Crippen molar-refractivity contribution in [1.29, 1.82) is 0 Å².